The van der Waals surface area contributed by atoms with Crippen LogP contribution in [0.1, 0.15) is 31.8 Å². The third kappa shape index (κ3) is 6.30. The minimum Gasteiger partial charge on any atom is -0.495 e. The first kappa shape index (κ1) is 27.7. The zero-order chi connectivity index (χ0) is 29.1. The number of fused-ring (bicyclic) bond motifs is 1. The molecule has 0 fully saturated rings. The van der Waals surface area contributed by atoms with E-state index in [-0.39, 0.29) is 11.5 Å². The second-order valence-electron chi connectivity index (χ2n) is 9.04. The van der Waals surface area contributed by atoms with Crippen molar-refractivity contribution in [3.05, 3.63) is 107 Å². The number of para-hydroxylation sites is 2. The number of rotatable bonds is 7. The Morgan fingerprint density at radius 2 is 1.59 bits per heavy atom. The number of hydrogen-bond donors (Lipinski definition) is 3. The van der Waals surface area contributed by atoms with Crippen LogP contribution in [0.5, 0.6) is 5.75 Å². The Bertz CT molecular complexity index is 1770. The van der Waals surface area contributed by atoms with Crippen molar-refractivity contribution in [2.75, 3.05) is 23.1 Å². The summed E-state index contributed by atoms with van der Waals surface area (Å²) in [5.74, 6) is -0.398. The first-order valence-electron chi connectivity index (χ1n) is 12.3. The summed E-state index contributed by atoms with van der Waals surface area (Å²) in [5, 5.41) is 9.33. The molecule has 0 saturated heterocycles. The van der Waals surface area contributed by atoms with Gasteiger partial charge in [-0.15, -0.1) is 0 Å². The number of hydrogen-bond acceptors (Lipinski definition) is 6. The molecule has 0 aliphatic heterocycles. The number of anilines is 4. The second kappa shape index (κ2) is 11.3. The van der Waals surface area contributed by atoms with Gasteiger partial charge in [0.05, 0.1) is 28.6 Å². The number of benzene rings is 4. The first-order chi connectivity index (χ1) is 19.6. The Kier molecular flexibility index (Phi) is 7.62. The third-order valence-electron chi connectivity index (χ3n) is 6.19. The Hall–Kier alpha value is -4.90. The molecule has 0 atom stereocenters. The number of carbonyl (C=O) groups is 2. The third-order valence-corrected chi connectivity index (χ3v) is 7.13. The van der Waals surface area contributed by atoms with Crippen LogP contribution < -0.4 is 20.7 Å². The molecule has 2 amide bonds. The maximum atomic E-state index is 13.1. The lowest BCUT2D eigenvalue weighted by atomic mass is 10.1. The normalized spacial score (nSPS) is 11.2. The van der Waals surface area contributed by atoms with Crippen molar-refractivity contribution in [1.29, 1.82) is 0 Å². The Morgan fingerprint density at radius 1 is 0.829 bits per heavy atom. The van der Waals surface area contributed by atoms with Crippen LogP contribution in [0.3, 0.4) is 0 Å². The Morgan fingerprint density at radius 3 is 2.37 bits per heavy atom. The van der Waals surface area contributed by atoms with Crippen LogP contribution in [0.4, 0.5) is 35.4 Å². The quantitative estimate of drug-likeness (QED) is 0.183. The molecule has 0 saturated carbocycles. The van der Waals surface area contributed by atoms with Gasteiger partial charge in [-0.05, 0) is 73.2 Å². The number of thiazole rings is 1. The van der Waals surface area contributed by atoms with Crippen molar-refractivity contribution in [1.82, 2.24) is 4.98 Å². The molecule has 0 spiro atoms. The molecule has 4 aromatic carbocycles. The summed E-state index contributed by atoms with van der Waals surface area (Å²) in [5.41, 5.74) is 2.34. The van der Waals surface area contributed by atoms with Gasteiger partial charge in [-0.1, -0.05) is 35.6 Å². The van der Waals surface area contributed by atoms with Gasteiger partial charge in [0, 0.05) is 22.5 Å². The number of nitrogens with zero attached hydrogens (tertiary/aromatic N) is 1. The van der Waals surface area contributed by atoms with E-state index in [4.69, 9.17) is 4.74 Å². The van der Waals surface area contributed by atoms with Crippen LogP contribution >= 0.6 is 11.3 Å². The minimum absolute atomic E-state index is 0.136. The van der Waals surface area contributed by atoms with Gasteiger partial charge >= 0.3 is 6.18 Å². The van der Waals surface area contributed by atoms with E-state index in [1.54, 1.807) is 50.4 Å². The smallest absolute Gasteiger partial charge is 0.416 e. The van der Waals surface area contributed by atoms with Crippen molar-refractivity contribution in [3.8, 4) is 5.75 Å². The number of ether oxygens (including phenoxy) is 1. The maximum absolute atomic E-state index is 13.1. The summed E-state index contributed by atoms with van der Waals surface area (Å²) in [4.78, 5) is 30.3. The molecule has 7 nitrogen and oxygen atoms in total. The zero-order valence-corrected chi connectivity index (χ0v) is 22.6. The lowest BCUT2D eigenvalue weighted by Crippen LogP contribution is -2.15. The van der Waals surface area contributed by atoms with E-state index in [9.17, 15) is 22.8 Å². The van der Waals surface area contributed by atoms with Crippen molar-refractivity contribution in [2.24, 2.45) is 0 Å². The standard InChI is InChI=1S/C30H23F3N4O3S/c1-17-10-12-21(34-27(38)18-6-5-7-20(14-18)30(31,32)33)16-24(17)35-28(39)19-11-13-23-26(15-19)41-29(37-23)36-22-8-3-4-9-25(22)40-2/h3-16H,1-2H3,(H,34,38)(H,35,39)(H,36,37). The molecule has 41 heavy (non-hydrogen) atoms. The first-order valence-corrected chi connectivity index (χ1v) is 13.1. The average molecular weight is 577 g/mol. The highest BCUT2D eigenvalue weighted by molar-refractivity contribution is 7.22. The van der Waals surface area contributed by atoms with Gasteiger partial charge in [0.15, 0.2) is 5.13 Å². The highest BCUT2D eigenvalue weighted by Crippen LogP contribution is 2.33. The number of alkyl halides is 3. The largest absolute Gasteiger partial charge is 0.495 e. The molecule has 0 bridgehead atoms. The molecule has 0 unspecified atom stereocenters. The van der Waals surface area contributed by atoms with E-state index < -0.39 is 17.6 Å². The molecule has 0 aliphatic carbocycles. The molecule has 11 heteroatoms. The lowest BCUT2D eigenvalue weighted by molar-refractivity contribution is -0.137. The lowest BCUT2D eigenvalue weighted by Gasteiger charge is -2.13. The van der Waals surface area contributed by atoms with Crippen molar-refractivity contribution in [2.45, 2.75) is 13.1 Å². The number of halogens is 3. The molecule has 5 rings (SSSR count). The van der Waals surface area contributed by atoms with Crippen LogP contribution in [0.15, 0.2) is 84.9 Å². The maximum Gasteiger partial charge on any atom is 0.416 e. The SMILES string of the molecule is COc1ccccc1Nc1nc2ccc(C(=O)Nc3cc(NC(=O)c4cccc(C(F)(F)F)c4)ccc3C)cc2s1. The van der Waals surface area contributed by atoms with Crippen LogP contribution in [0, 0.1) is 6.92 Å². The molecular formula is C30H23F3N4O3S. The average Bonchev–Trinajstić information content (AvgIpc) is 3.36. The summed E-state index contributed by atoms with van der Waals surface area (Å²) in [7, 11) is 1.59. The van der Waals surface area contributed by atoms with Crippen LogP contribution in [0.2, 0.25) is 0 Å². The van der Waals surface area contributed by atoms with Gasteiger partial charge in [0.1, 0.15) is 5.75 Å². The van der Waals surface area contributed by atoms with E-state index in [0.717, 1.165) is 33.6 Å². The molecular weight excluding hydrogens is 553 g/mol. The predicted octanol–water partition coefficient (Wildman–Crippen LogP) is 7.88. The number of methoxy groups -OCH3 is 1. The summed E-state index contributed by atoms with van der Waals surface area (Å²) < 4.78 is 45.3. The van der Waals surface area contributed by atoms with E-state index in [1.807, 2.05) is 24.3 Å². The van der Waals surface area contributed by atoms with Gasteiger partial charge in [-0.25, -0.2) is 4.98 Å². The minimum atomic E-state index is -4.56. The monoisotopic (exact) mass is 576 g/mol. The van der Waals surface area contributed by atoms with Gasteiger partial charge in [0.25, 0.3) is 11.8 Å². The Labute approximate surface area is 237 Å². The van der Waals surface area contributed by atoms with Gasteiger partial charge in [0.2, 0.25) is 0 Å². The molecule has 0 radical (unpaired) electrons. The van der Waals surface area contributed by atoms with Crippen LogP contribution in [-0.4, -0.2) is 23.9 Å². The van der Waals surface area contributed by atoms with Gasteiger partial charge in [-0.2, -0.15) is 13.2 Å². The molecule has 1 heterocycles. The van der Waals surface area contributed by atoms with E-state index in [0.29, 0.717) is 27.8 Å². The number of amides is 2. The molecule has 1 aromatic heterocycles. The number of aryl methyl sites for hydroxylation is 1. The van der Waals surface area contributed by atoms with E-state index >= 15 is 0 Å². The highest BCUT2D eigenvalue weighted by atomic mass is 32.1. The summed E-state index contributed by atoms with van der Waals surface area (Å²) >= 11 is 1.39. The molecule has 0 aliphatic rings. The van der Waals surface area contributed by atoms with Gasteiger partial charge in [-0.3, -0.25) is 9.59 Å². The van der Waals surface area contributed by atoms with Crippen molar-refractivity contribution >= 4 is 55.6 Å². The summed E-state index contributed by atoms with van der Waals surface area (Å²) in [6, 6.07) is 21.7. The highest BCUT2D eigenvalue weighted by Gasteiger charge is 2.31. The van der Waals surface area contributed by atoms with E-state index in [1.165, 1.54) is 23.5 Å². The second-order valence-corrected chi connectivity index (χ2v) is 10.1. The van der Waals surface area contributed by atoms with Crippen LogP contribution in [-0.2, 0) is 6.18 Å². The predicted molar refractivity (Wildman–Crippen MR) is 154 cm³/mol. The molecule has 3 N–H and O–H groups in total. The summed E-state index contributed by atoms with van der Waals surface area (Å²) in [6.07, 6.45) is -4.56. The fourth-order valence-electron chi connectivity index (χ4n) is 4.05. The number of carbonyl (C=O) groups excluding carboxylic acids is 2. The number of nitrogens with one attached hydrogen (secondary N) is 3. The van der Waals surface area contributed by atoms with Crippen molar-refractivity contribution in [3.63, 3.8) is 0 Å². The zero-order valence-electron chi connectivity index (χ0n) is 21.8. The fourth-order valence-corrected chi connectivity index (χ4v) is 4.97. The van der Waals surface area contributed by atoms with Crippen LogP contribution in [0.25, 0.3) is 10.2 Å². The topological polar surface area (TPSA) is 92.3 Å². The molecule has 5 aromatic rings. The number of aromatic nitrogens is 1. The van der Waals surface area contributed by atoms with Crippen molar-refractivity contribution < 1.29 is 27.5 Å². The van der Waals surface area contributed by atoms with E-state index in [2.05, 4.69) is 20.9 Å². The van der Waals surface area contributed by atoms with Gasteiger partial charge < -0.3 is 20.7 Å². The Balaban J connectivity index is 1.31. The molecule has 208 valence electrons. The summed E-state index contributed by atoms with van der Waals surface area (Å²) in [6.45, 7) is 1.79. The fraction of sp³-hybridized carbons (Fsp3) is 0.100.